The van der Waals surface area contributed by atoms with Crippen molar-refractivity contribution in [1.29, 1.82) is 0 Å². The third kappa shape index (κ3) is 17.8. The van der Waals surface area contributed by atoms with E-state index >= 15 is 0 Å². The number of piperazine rings is 1. The summed E-state index contributed by atoms with van der Waals surface area (Å²) in [5.74, 6) is 1.41. The zero-order chi connectivity index (χ0) is 45.9. The summed E-state index contributed by atoms with van der Waals surface area (Å²) in [4.78, 5) is 34.4. The number of nitrogens with one attached hydrogen (secondary N) is 1. The smallest absolute Gasteiger partial charge is 0.413 e. The predicted molar refractivity (Wildman–Crippen MR) is 256 cm³/mol. The molecule has 1 aromatic heterocycles. The molecule has 1 fully saturated rings. The number of methoxy groups -OCH3 is 2. The average Bonchev–Trinajstić information content (AvgIpc) is 3.59. The molecule has 0 unspecified atom stereocenters. The molecule has 1 aliphatic heterocycles. The number of anilines is 2. The van der Waals surface area contributed by atoms with Crippen molar-refractivity contribution in [3.63, 3.8) is 0 Å². The van der Waals surface area contributed by atoms with Gasteiger partial charge in [0, 0.05) is 70.5 Å². The van der Waals surface area contributed by atoms with E-state index in [1.807, 2.05) is 64.6 Å². The van der Waals surface area contributed by atoms with E-state index in [1.165, 1.54) is 7.11 Å². The molecule has 2 radical (unpaired) electrons. The van der Waals surface area contributed by atoms with Crippen LogP contribution < -0.4 is 10.2 Å². The lowest BCUT2D eigenvalue weighted by Crippen LogP contribution is -2.45. The van der Waals surface area contributed by atoms with E-state index in [-0.39, 0.29) is 18.4 Å². The largest absolute Gasteiger partial charge is 0.497 e. The number of rotatable bonds is 17. The summed E-state index contributed by atoms with van der Waals surface area (Å²) in [7, 11) is 10.7. The van der Waals surface area contributed by atoms with Gasteiger partial charge in [0.15, 0.2) is 7.98 Å². The van der Waals surface area contributed by atoms with Crippen molar-refractivity contribution in [3.8, 4) is 0 Å². The van der Waals surface area contributed by atoms with Gasteiger partial charge in [-0.2, -0.15) is 0 Å². The summed E-state index contributed by atoms with van der Waals surface area (Å²) in [6.07, 6.45) is 15.1. The Morgan fingerprint density at radius 1 is 0.967 bits per heavy atom. The van der Waals surface area contributed by atoms with Crippen LogP contribution in [0.1, 0.15) is 108 Å². The van der Waals surface area contributed by atoms with Gasteiger partial charge in [-0.1, -0.05) is 78.3 Å². The molecule has 61 heavy (non-hydrogen) atoms. The van der Waals surface area contributed by atoms with Crippen molar-refractivity contribution in [2.75, 3.05) is 70.9 Å². The fourth-order valence-electron chi connectivity index (χ4n) is 7.19. The highest BCUT2D eigenvalue weighted by Gasteiger charge is 2.25. The zero-order valence-electron chi connectivity index (χ0n) is 40.0. The lowest BCUT2D eigenvalue weighted by atomic mass is 9.87. The highest BCUT2D eigenvalue weighted by Crippen LogP contribution is 2.33. The van der Waals surface area contributed by atoms with Crippen molar-refractivity contribution >= 4 is 42.7 Å². The summed E-state index contributed by atoms with van der Waals surface area (Å²) in [6.45, 7) is 29.3. The number of allylic oxidation sites excluding steroid dienone is 8. The van der Waals surface area contributed by atoms with E-state index in [0.29, 0.717) is 30.2 Å². The van der Waals surface area contributed by atoms with Crippen LogP contribution in [0.15, 0.2) is 88.8 Å². The summed E-state index contributed by atoms with van der Waals surface area (Å²) < 4.78 is 23.5. The molecule has 11 nitrogen and oxygen atoms in total. The molecule has 338 valence electrons. The standard InChI is InChI=1S/C43H60BN5O5.C2H6O.2C2H6/c1-9-14-30(5)24-35(41(50)52-8)25-32(7)40(31(6)11-3)39(15-10-2)54-29-34-17-13-16-33(26-34)28-49-38-27-36(47-20-22-48(44)23-21-47)18-19-37(38)45-42(49)46-43(51)53-12-4;1-3-2;2*1-2/h11,13,17-19,24-25,27,33-34H,7,9-10,12,14-16,20-23,26,28-29H2,1-6,8H3,(H,45,46,51);1-2H3;2*1-2H3/b30-24-,31-11?,35-25+,40-39-;;;/t33-,34+;;;/m1.../s1. The van der Waals surface area contributed by atoms with Crippen molar-refractivity contribution in [2.24, 2.45) is 11.8 Å². The number of esters is 1. The minimum absolute atomic E-state index is 0.177. The second-order valence-corrected chi connectivity index (χ2v) is 14.7. The number of carbonyl (C=O) groups is 2. The number of amides is 1. The van der Waals surface area contributed by atoms with E-state index in [4.69, 9.17) is 27.2 Å². The lowest BCUT2D eigenvalue weighted by molar-refractivity contribution is -0.135. The molecule has 0 saturated carbocycles. The number of aromatic nitrogens is 2. The Balaban J connectivity index is 0.00000250. The highest BCUT2D eigenvalue weighted by atomic mass is 16.5. The highest BCUT2D eigenvalue weighted by molar-refractivity contribution is 6.04. The monoisotopic (exact) mass is 844 g/mol. The molecule has 2 heterocycles. The topological polar surface area (TPSA) is 107 Å². The molecular weight excluding hydrogens is 765 g/mol. The van der Waals surface area contributed by atoms with Gasteiger partial charge in [-0.05, 0) is 101 Å². The summed E-state index contributed by atoms with van der Waals surface area (Å²) in [6, 6.07) is 6.28. The molecule has 2 atom stereocenters. The lowest BCUT2D eigenvalue weighted by Gasteiger charge is -2.34. The van der Waals surface area contributed by atoms with Crippen LogP contribution >= 0.6 is 0 Å². The summed E-state index contributed by atoms with van der Waals surface area (Å²) >= 11 is 0. The molecule has 0 bridgehead atoms. The quantitative estimate of drug-likeness (QED) is 0.0416. The van der Waals surface area contributed by atoms with E-state index in [9.17, 15) is 9.59 Å². The van der Waals surface area contributed by atoms with Gasteiger partial charge in [0.25, 0.3) is 0 Å². The summed E-state index contributed by atoms with van der Waals surface area (Å²) in [5.41, 5.74) is 7.14. The maximum atomic E-state index is 12.8. The van der Waals surface area contributed by atoms with Crippen LogP contribution in [0.2, 0.25) is 0 Å². The van der Waals surface area contributed by atoms with Crippen molar-refractivity contribution in [1.82, 2.24) is 14.4 Å². The molecule has 2 aromatic rings. The zero-order valence-corrected chi connectivity index (χ0v) is 40.0. The number of benzene rings is 1. The Morgan fingerprint density at radius 3 is 2.21 bits per heavy atom. The Morgan fingerprint density at radius 2 is 1.62 bits per heavy atom. The third-order valence-corrected chi connectivity index (χ3v) is 10.0. The molecule has 1 N–H and O–H groups in total. The maximum absolute atomic E-state index is 12.8. The fraction of sp³-hybridized carbons (Fsp3) is 0.571. The van der Waals surface area contributed by atoms with Crippen LogP contribution in [0.3, 0.4) is 0 Å². The SMILES string of the molecule is CC.CC.COC.[B]N1CCN(c2ccc3nc(NC(=O)OCC)n(C[C@@H]4CC=C[C@H](CO/C(CCC)=C(\C(=C)/C=C(\C=C(\C)CCC)C(=O)OC)C(C)=CC)C4)c3c2)CC1. The first-order chi connectivity index (χ1) is 29.4. The third-order valence-electron chi connectivity index (χ3n) is 10.0. The minimum atomic E-state index is -0.520. The van der Waals surface area contributed by atoms with Crippen LogP contribution in [0.5, 0.6) is 0 Å². The molecule has 12 heteroatoms. The Bertz CT molecular complexity index is 1800. The molecule has 1 aliphatic carbocycles. The van der Waals surface area contributed by atoms with Crippen molar-refractivity contribution < 1.29 is 28.5 Å². The molecular formula is C49H78BN5O6. The molecule has 0 spiro atoms. The number of carbonyl (C=O) groups excluding carboxylic acids is 2. The number of nitrogens with zero attached hydrogens (tertiary/aromatic N) is 4. The molecule has 1 saturated heterocycles. The van der Waals surface area contributed by atoms with Crippen LogP contribution in [0, 0.1) is 11.8 Å². The first-order valence-corrected chi connectivity index (χ1v) is 22.3. The number of imidazole rings is 1. The number of hydrogen-bond acceptors (Lipinski definition) is 9. The molecule has 4 rings (SSSR count). The van der Waals surface area contributed by atoms with Crippen LogP contribution in [-0.4, -0.2) is 95.1 Å². The van der Waals surface area contributed by atoms with Crippen LogP contribution in [0.4, 0.5) is 16.4 Å². The predicted octanol–water partition coefficient (Wildman–Crippen LogP) is 11.1. The van der Waals surface area contributed by atoms with Gasteiger partial charge in [0.05, 0.1) is 36.9 Å². The first kappa shape index (κ1) is 54.5. The van der Waals surface area contributed by atoms with E-state index in [1.54, 1.807) is 21.1 Å². The number of hydrogen-bond donors (Lipinski definition) is 1. The van der Waals surface area contributed by atoms with E-state index in [2.05, 4.69) is 77.2 Å². The van der Waals surface area contributed by atoms with E-state index in [0.717, 1.165) is 104 Å². The van der Waals surface area contributed by atoms with Gasteiger partial charge >= 0.3 is 12.1 Å². The Kier molecular flexibility index (Phi) is 27.2. The van der Waals surface area contributed by atoms with Gasteiger partial charge in [-0.25, -0.2) is 14.6 Å². The molecule has 1 amide bonds. The van der Waals surface area contributed by atoms with Gasteiger partial charge in [-0.3, -0.25) is 5.32 Å². The number of ether oxygens (including phenoxy) is 4. The van der Waals surface area contributed by atoms with Crippen molar-refractivity contribution in [2.45, 2.75) is 114 Å². The second kappa shape index (κ2) is 30.5. The second-order valence-electron chi connectivity index (χ2n) is 14.7. The van der Waals surface area contributed by atoms with Gasteiger partial charge in [0.2, 0.25) is 5.95 Å². The fourth-order valence-corrected chi connectivity index (χ4v) is 7.19. The van der Waals surface area contributed by atoms with Gasteiger partial charge in [-0.15, -0.1) is 0 Å². The maximum Gasteiger partial charge on any atom is 0.413 e. The number of fused-ring (bicyclic) bond motifs is 1. The Labute approximate surface area is 370 Å². The molecule has 1 aromatic carbocycles. The van der Waals surface area contributed by atoms with Crippen molar-refractivity contribution in [3.05, 3.63) is 88.8 Å². The average molecular weight is 844 g/mol. The first-order valence-electron chi connectivity index (χ1n) is 22.3. The summed E-state index contributed by atoms with van der Waals surface area (Å²) in [5, 5.41) is 2.89. The molecule has 2 aliphatic rings. The van der Waals surface area contributed by atoms with E-state index < -0.39 is 12.1 Å². The van der Waals surface area contributed by atoms with Gasteiger partial charge in [0.1, 0.15) is 5.76 Å². The Hall–Kier alpha value is -4.55. The van der Waals surface area contributed by atoms with Crippen LogP contribution in [0.25, 0.3) is 11.0 Å². The van der Waals surface area contributed by atoms with Gasteiger partial charge < -0.3 is 33.2 Å². The minimum Gasteiger partial charge on any atom is -0.497 e. The normalized spacial score (nSPS) is 17.4. The van der Waals surface area contributed by atoms with Crippen LogP contribution in [-0.2, 0) is 30.3 Å².